The van der Waals surface area contributed by atoms with Gasteiger partial charge in [-0.2, -0.15) is 0 Å². The Kier molecular flexibility index (Phi) is 5.69. The Bertz CT molecular complexity index is 411. The molecule has 1 aromatic rings. The van der Waals surface area contributed by atoms with E-state index >= 15 is 0 Å². The van der Waals surface area contributed by atoms with E-state index in [1.165, 1.54) is 0 Å². The summed E-state index contributed by atoms with van der Waals surface area (Å²) in [5, 5.41) is 0. The molecule has 2 N–H and O–H groups in total. The van der Waals surface area contributed by atoms with Crippen molar-refractivity contribution >= 4 is 34.2 Å². The molecule has 0 aromatic carbocycles. The van der Waals surface area contributed by atoms with Gasteiger partial charge < -0.3 is 15.1 Å². The lowest BCUT2D eigenvalue weighted by atomic mass is 9.90. The molecule has 1 fully saturated rings. The summed E-state index contributed by atoms with van der Waals surface area (Å²) in [7, 11) is 0. The molecule has 0 radical (unpaired) electrons. The number of hydrogen-bond acceptors (Lipinski definition) is 3. The van der Waals surface area contributed by atoms with Gasteiger partial charge in [-0.3, -0.25) is 4.79 Å². The molecule has 6 heteroatoms. The molecule has 0 aliphatic carbocycles. The van der Waals surface area contributed by atoms with E-state index in [4.69, 9.17) is 10.2 Å². The van der Waals surface area contributed by atoms with E-state index < -0.39 is 0 Å². The van der Waals surface area contributed by atoms with Crippen molar-refractivity contribution in [3.8, 4) is 0 Å². The Morgan fingerprint density at radius 3 is 2.89 bits per heavy atom. The normalized spacial score (nSPS) is 23.6. The van der Waals surface area contributed by atoms with Crippen LogP contribution in [0.25, 0.3) is 0 Å². The Morgan fingerprint density at radius 1 is 1.61 bits per heavy atom. The number of hydrogen-bond donors (Lipinski definition) is 1. The van der Waals surface area contributed by atoms with E-state index in [1.807, 2.05) is 4.90 Å². The number of nitrogens with zero attached hydrogens (tertiary/aromatic N) is 1. The predicted octanol–water partition coefficient (Wildman–Crippen LogP) is 2.66. The molecule has 1 aliphatic heterocycles. The molecule has 2 unspecified atom stereocenters. The third-order valence-electron chi connectivity index (χ3n) is 3.40. The summed E-state index contributed by atoms with van der Waals surface area (Å²) < 4.78 is 5.89. The summed E-state index contributed by atoms with van der Waals surface area (Å²) in [6.07, 6.45) is 2.17. The van der Waals surface area contributed by atoms with E-state index in [0.717, 1.165) is 19.4 Å². The number of halogens is 2. The molecule has 2 atom stereocenters. The second-order valence-corrected chi connectivity index (χ2v) is 5.31. The van der Waals surface area contributed by atoms with Crippen LogP contribution in [-0.2, 0) is 0 Å². The van der Waals surface area contributed by atoms with E-state index in [9.17, 15) is 4.79 Å². The van der Waals surface area contributed by atoms with E-state index in [0.29, 0.717) is 22.9 Å². The van der Waals surface area contributed by atoms with Gasteiger partial charge in [-0.1, -0.05) is 6.92 Å². The summed E-state index contributed by atoms with van der Waals surface area (Å²) >= 11 is 3.21. The van der Waals surface area contributed by atoms with Crippen LogP contribution in [-0.4, -0.2) is 29.9 Å². The molecule has 1 amide bonds. The number of carbonyl (C=O) groups excluding carboxylic acids is 1. The van der Waals surface area contributed by atoms with E-state index in [2.05, 4.69) is 22.9 Å². The molecule has 4 nitrogen and oxygen atoms in total. The minimum atomic E-state index is -0.0577. The Morgan fingerprint density at radius 2 is 2.33 bits per heavy atom. The molecule has 2 rings (SSSR count). The number of furan rings is 1. The lowest BCUT2D eigenvalue weighted by molar-refractivity contribution is 0.0500. The summed E-state index contributed by atoms with van der Waals surface area (Å²) in [5.74, 6) is 0.776. The third kappa shape index (κ3) is 3.08. The lowest BCUT2D eigenvalue weighted by Gasteiger charge is -2.38. The van der Waals surface area contributed by atoms with E-state index in [-0.39, 0.29) is 24.4 Å². The van der Waals surface area contributed by atoms with Crippen LogP contribution in [0, 0.1) is 5.92 Å². The maximum absolute atomic E-state index is 12.3. The minimum Gasteiger partial charge on any atom is -0.444 e. The van der Waals surface area contributed by atoms with Gasteiger partial charge in [0.1, 0.15) is 0 Å². The van der Waals surface area contributed by atoms with Gasteiger partial charge in [0.15, 0.2) is 10.4 Å². The molecule has 0 saturated carbocycles. The van der Waals surface area contributed by atoms with Crippen LogP contribution in [0.1, 0.15) is 30.3 Å². The number of nitrogens with two attached hydrogens (primary N) is 1. The molecule has 102 valence electrons. The first-order valence-corrected chi connectivity index (χ1v) is 6.69. The molecule has 1 saturated heterocycles. The fourth-order valence-corrected chi connectivity index (χ4v) is 2.74. The largest absolute Gasteiger partial charge is 0.444 e. The first kappa shape index (κ1) is 15.5. The summed E-state index contributed by atoms with van der Waals surface area (Å²) in [6, 6.07) is 3.55. The van der Waals surface area contributed by atoms with Crippen LogP contribution in [0.5, 0.6) is 0 Å². The highest BCUT2D eigenvalue weighted by Crippen LogP contribution is 2.25. The van der Waals surface area contributed by atoms with Gasteiger partial charge in [-0.25, -0.2) is 0 Å². The quantitative estimate of drug-likeness (QED) is 0.902. The second kappa shape index (κ2) is 6.59. The molecule has 0 bridgehead atoms. The van der Waals surface area contributed by atoms with E-state index in [1.54, 1.807) is 12.1 Å². The van der Waals surface area contributed by atoms with Crippen LogP contribution in [0.15, 0.2) is 21.2 Å². The summed E-state index contributed by atoms with van der Waals surface area (Å²) in [4.78, 5) is 14.1. The molecule has 0 spiro atoms. The second-order valence-electron chi connectivity index (χ2n) is 4.52. The Labute approximate surface area is 121 Å². The van der Waals surface area contributed by atoms with Crippen molar-refractivity contribution in [1.82, 2.24) is 4.90 Å². The minimum absolute atomic E-state index is 0. The summed E-state index contributed by atoms with van der Waals surface area (Å²) in [6.45, 7) is 3.42. The predicted molar refractivity (Wildman–Crippen MR) is 75.9 cm³/mol. The number of likely N-dealkylation sites (tertiary alicyclic amines) is 1. The van der Waals surface area contributed by atoms with Crippen LogP contribution < -0.4 is 5.73 Å². The Hall–Kier alpha value is -0.520. The zero-order valence-electron chi connectivity index (χ0n) is 10.3. The van der Waals surface area contributed by atoms with Gasteiger partial charge >= 0.3 is 0 Å². The zero-order chi connectivity index (χ0) is 12.4. The van der Waals surface area contributed by atoms with Crippen molar-refractivity contribution in [2.24, 2.45) is 11.7 Å². The van der Waals surface area contributed by atoms with Crippen molar-refractivity contribution < 1.29 is 9.21 Å². The van der Waals surface area contributed by atoms with Crippen molar-refractivity contribution in [2.75, 3.05) is 13.1 Å². The van der Waals surface area contributed by atoms with Crippen molar-refractivity contribution in [2.45, 2.75) is 25.8 Å². The summed E-state index contributed by atoms with van der Waals surface area (Å²) in [5.41, 5.74) is 5.77. The Balaban J connectivity index is 0.00000162. The maximum Gasteiger partial charge on any atom is 0.289 e. The highest BCUT2D eigenvalue weighted by molar-refractivity contribution is 9.10. The maximum atomic E-state index is 12.3. The molecule has 2 heterocycles. The molecule has 18 heavy (non-hydrogen) atoms. The zero-order valence-corrected chi connectivity index (χ0v) is 12.7. The highest BCUT2D eigenvalue weighted by Gasteiger charge is 2.32. The topological polar surface area (TPSA) is 59.5 Å². The van der Waals surface area contributed by atoms with Gasteiger partial charge in [0.2, 0.25) is 0 Å². The van der Waals surface area contributed by atoms with Crippen molar-refractivity contribution in [1.29, 1.82) is 0 Å². The smallest absolute Gasteiger partial charge is 0.289 e. The fraction of sp³-hybridized carbons (Fsp3) is 0.583. The van der Waals surface area contributed by atoms with Gasteiger partial charge in [-0.15, -0.1) is 12.4 Å². The van der Waals surface area contributed by atoms with Gasteiger partial charge in [0, 0.05) is 19.1 Å². The average Bonchev–Trinajstić information content (AvgIpc) is 2.74. The molecular formula is C12H18BrClN2O2. The number of carbonyl (C=O) groups is 1. The van der Waals surface area contributed by atoms with Gasteiger partial charge in [0.25, 0.3) is 5.91 Å². The van der Waals surface area contributed by atoms with Crippen molar-refractivity contribution in [3.63, 3.8) is 0 Å². The fourth-order valence-electron chi connectivity index (χ4n) is 2.43. The lowest BCUT2D eigenvalue weighted by Crippen LogP contribution is -2.51. The van der Waals surface area contributed by atoms with Crippen LogP contribution in [0.2, 0.25) is 0 Å². The molecular weight excluding hydrogens is 320 g/mol. The van der Waals surface area contributed by atoms with Crippen LogP contribution in [0.3, 0.4) is 0 Å². The van der Waals surface area contributed by atoms with Crippen LogP contribution >= 0.6 is 28.3 Å². The average molecular weight is 338 g/mol. The van der Waals surface area contributed by atoms with Crippen molar-refractivity contribution in [3.05, 3.63) is 22.6 Å². The first-order valence-electron chi connectivity index (χ1n) is 5.90. The number of rotatable bonds is 2. The van der Waals surface area contributed by atoms with Gasteiger partial charge in [-0.05, 0) is 46.8 Å². The SMILES string of the molecule is CC1CCCN(C(=O)c2ccc(Br)o2)C1CN.Cl. The number of amides is 1. The van der Waals surface area contributed by atoms with Crippen LogP contribution in [0.4, 0.5) is 0 Å². The standard InChI is InChI=1S/C12H17BrN2O2.ClH/c1-8-3-2-6-15(9(8)7-14)12(16)10-4-5-11(13)17-10;/h4-5,8-9H,2-3,6-7,14H2,1H3;1H. The monoisotopic (exact) mass is 336 g/mol. The highest BCUT2D eigenvalue weighted by atomic mass is 79.9. The third-order valence-corrected chi connectivity index (χ3v) is 3.83. The molecule has 1 aromatic heterocycles. The first-order chi connectivity index (χ1) is 8.13. The number of piperidine rings is 1. The van der Waals surface area contributed by atoms with Gasteiger partial charge in [0.05, 0.1) is 0 Å². The molecule has 1 aliphatic rings.